The molecule has 0 bridgehead atoms. The molecule has 4 nitrogen and oxygen atoms in total. The summed E-state index contributed by atoms with van der Waals surface area (Å²) >= 11 is 0. The Kier molecular flexibility index (Phi) is 3.96. The standard InChI is InChI=1S/C14H17N3O/c1-10-3-2-4-13(12(10)9-15)17-14(18)11-5-7-16-8-6-11/h2-4,11,16H,5-8H2,1H3,(H,17,18). The van der Waals surface area contributed by atoms with Gasteiger partial charge in [0.15, 0.2) is 0 Å². The summed E-state index contributed by atoms with van der Waals surface area (Å²) in [5.41, 5.74) is 2.07. The number of piperidine rings is 1. The van der Waals surface area contributed by atoms with Crippen LogP contribution in [0.5, 0.6) is 0 Å². The maximum absolute atomic E-state index is 12.1. The zero-order valence-electron chi connectivity index (χ0n) is 10.5. The van der Waals surface area contributed by atoms with Crippen LogP contribution in [0.25, 0.3) is 0 Å². The monoisotopic (exact) mass is 243 g/mol. The van der Waals surface area contributed by atoms with E-state index in [9.17, 15) is 4.79 Å². The van der Waals surface area contributed by atoms with Crippen molar-refractivity contribution in [1.29, 1.82) is 5.26 Å². The second kappa shape index (κ2) is 5.65. The van der Waals surface area contributed by atoms with Crippen molar-refractivity contribution in [2.75, 3.05) is 18.4 Å². The largest absolute Gasteiger partial charge is 0.325 e. The summed E-state index contributed by atoms with van der Waals surface area (Å²) in [6.45, 7) is 3.65. The van der Waals surface area contributed by atoms with E-state index in [2.05, 4.69) is 16.7 Å². The van der Waals surface area contributed by atoms with Gasteiger partial charge in [-0.15, -0.1) is 0 Å². The Bertz CT molecular complexity index is 484. The molecule has 2 N–H and O–H groups in total. The second-order valence-corrected chi connectivity index (χ2v) is 4.62. The average molecular weight is 243 g/mol. The number of nitriles is 1. The predicted molar refractivity (Wildman–Crippen MR) is 70.1 cm³/mol. The molecular formula is C14H17N3O. The van der Waals surface area contributed by atoms with Gasteiger partial charge in [0, 0.05) is 5.92 Å². The lowest BCUT2D eigenvalue weighted by atomic mass is 9.97. The highest BCUT2D eigenvalue weighted by molar-refractivity contribution is 5.94. The van der Waals surface area contributed by atoms with Crippen LogP contribution < -0.4 is 10.6 Å². The van der Waals surface area contributed by atoms with E-state index in [1.807, 2.05) is 19.1 Å². The molecule has 0 spiro atoms. The minimum atomic E-state index is 0.0265. The minimum Gasteiger partial charge on any atom is -0.325 e. The van der Waals surface area contributed by atoms with Crippen molar-refractivity contribution >= 4 is 11.6 Å². The van der Waals surface area contributed by atoms with Crippen LogP contribution in [0.2, 0.25) is 0 Å². The molecule has 0 radical (unpaired) electrons. The molecule has 1 aromatic rings. The van der Waals surface area contributed by atoms with Gasteiger partial charge in [0.1, 0.15) is 6.07 Å². The highest BCUT2D eigenvalue weighted by Gasteiger charge is 2.21. The molecule has 4 heteroatoms. The Hall–Kier alpha value is -1.86. The smallest absolute Gasteiger partial charge is 0.227 e. The molecule has 1 aromatic carbocycles. The van der Waals surface area contributed by atoms with E-state index < -0.39 is 0 Å². The van der Waals surface area contributed by atoms with Gasteiger partial charge in [0.2, 0.25) is 5.91 Å². The van der Waals surface area contributed by atoms with Crippen molar-refractivity contribution in [2.24, 2.45) is 5.92 Å². The molecule has 1 aliphatic rings. The molecule has 0 saturated carbocycles. The lowest BCUT2D eigenvalue weighted by Gasteiger charge is -2.22. The molecule has 94 valence electrons. The fourth-order valence-corrected chi connectivity index (χ4v) is 2.24. The third-order valence-electron chi connectivity index (χ3n) is 3.35. The topological polar surface area (TPSA) is 64.9 Å². The zero-order valence-corrected chi connectivity index (χ0v) is 10.5. The fourth-order valence-electron chi connectivity index (χ4n) is 2.24. The van der Waals surface area contributed by atoms with Crippen LogP contribution in [0.1, 0.15) is 24.0 Å². The Morgan fingerprint density at radius 3 is 2.83 bits per heavy atom. The van der Waals surface area contributed by atoms with Crippen LogP contribution in [0.15, 0.2) is 18.2 Å². The van der Waals surface area contributed by atoms with Gasteiger partial charge in [-0.05, 0) is 44.5 Å². The van der Waals surface area contributed by atoms with Crippen LogP contribution in [0.4, 0.5) is 5.69 Å². The van der Waals surface area contributed by atoms with E-state index in [1.165, 1.54) is 0 Å². The number of anilines is 1. The first-order valence-corrected chi connectivity index (χ1v) is 6.23. The van der Waals surface area contributed by atoms with Crippen molar-refractivity contribution in [3.05, 3.63) is 29.3 Å². The summed E-state index contributed by atoms with van der Waals surface area (Å²) in [6.07, 6.45) is 1.72. The van der Waals surface area contributed by atoms with E-state index in [1.54, 1.807) is 6.07 Å². The summed E-state index contributed by atoms with van der Waals surface area (Å²) in [5, 5.41) is 15.2. The van der Waals surface area contributed by atoms with Crippen LogP contribution in [-0.2, 0) is 4.79 Å². The first-order chi connectivity index (χ1) is 8.72. The summed E-state index contributed by atoms with van der Waals surface area (Å²) < 4.78 is 0. The summed E-state index contributed by atoms with van der Waals surface area (Å²) in [6, 6.07) is 7.66. The molecule has 0 unspecified atom stereocenters. The molecule has 1 fully saturated rings. The van der Waals surface area contributed by atoms with E-state index in [4.69, 9.17) is 5.26 Å². The molecule has 18 heavy (non-hydrogen) atoms. The molecule has 1 saturated heterocycles. The third-order valence-corrected chi connectivity index (χ3v) is 3.35. The highest BCUT2D eigenvalue weighted by atomic mass is 16.1. The molecule has 0 atom stereocenters. The van der Waals surface area contributed by atoms with Crippen molar-refractivity contribution in [1.82, 2.24) is 5.32 Å². The quantitative estimate of drug-likeness (QED) is 0.832. The Morgan fingerprint density at radius 2 is 2.17 bits per heavy atom. The molecule has 2 rings (SSSR count). The first kappa shape index (κ1) is 12.6. The Morgan fingerprint density at radius 1 is 1.44 bits per heavy atom. The van der Waals surface area contributed by atoms with E-state index in [-0.39, 0.29) is 11.8 Å². The first-order valence-electron chi connectivity index (χ1n) is 6.23. The van der Waals surface area contributed by atoms with Gasteiger partial charge in [-0.3, -0.25) is 4.79 Å². The van der Waals surface area contributed by atoms with Gasteiger partial charge in [0.25, 0.3) is 0 Å². The van der Waals surface area contributed by atoms with Gasteiger partial charge in [-0.2, -0.15) is 5.26 Å². The van der Waals surface area contributed by atoms with Gasteiger partial charge in [0.05, 0.1) is 11.3 Å². The van der Waals surface area contributed by atoms with Gasteiger partial charge < -0.3 is 10.6 Å². The number of nitrogens with zero attached hydrogens (tertiary/aromatic N) is 1. The number of hydrogen-bond acceptors (Lipinski definition) is 3. The maximum Gasteiger partial charge on any atom is 0.227 e. The normalized spacial score (nSPS) is 16.0. The van der Waals surface area contributed by atoms with Crippen LogP contribution in [0, 0.1) is 24.2 Å². The number of rotatable bonds is 2. The number of benzene rings is 1. The highest BCUT2D eigenvalue weighted by Crippen LogP contribution is 2.21. The fraction of sp³-hybridized carbons (Fsp3) is 0.429. The van der Waals surface area contributed by atoms with Gasteiger partial charge in [-0.1, -0.05) is 12.1 Å². The number of carbonyl (C=O) groups excluding carboxylic acids is 1. The number of hydrogen-bond donors (Lipinski definition) is 2. The summed E-state index contributed by atoms with van der Waals surface area (Å²) in [7, 11) is 0. The minimum absolute atomic E-state index is 0.0265. The molecule has 0 aliphatic carbocycles. The van der Waals surface area contributed by atoms with E-state index >= 15 is 0 Å². The lowest BCUT2D eigenvalue weighted by Crippen LogP contribution is -2.34. The number of amides is 1. The van der Waals surface area contributed by atoms with Crippen molar-refractivity contribution < 1.29 is 4.79 Å². The van der Waals surface area contributed by atoms with E-state index in [0.717, 1.165) is 31.5 Å². The molecular weight excluding hydrogens is 226 g/mol. The average Bonchev–Trinajstić information content (AvgIpc) is 2.40. The third kappa shape index (κ3) is 2.69. The van der Waals surface area contributed by atoms with Crippen LogP contribution >= 0.6 is 0 Å². The number of nitrogens with one attached hydrogen (secondary N) is 2. The Labute approximate surface area is 107 Å². The zero-order chi connectivity index (χ0) is 13.0. The van der Waals surface area contributed by atoms with E-state index in [0.29, 0.717) is 11.3 Å². The van der Waals surface area contributed by atoms with Crippen LogP contribution in [0.3, 0.4) is 0 Å². The predicted octanol–water partition coefficient (Wildman–Crippen LogP) is 1.80. The van der Waals surface area contributed by atoms with Crippen molar-refractivity contribution in [3.63, 3.8) is 0 Å². The SMILES string of the molecule is Cc1cccc(NC(=O)C2CCNCC2)c1C#N. The van der Waals surface area contributed by atoms with Gasteiger partial charge in [-0.25, -0.2) is 0 Å². The maximum atomic E-state index is 12.1. The molecule has 1 amide bonds. The molecule has 1 heterocycles. The Balaban J connectivity index is 2.12. The van der Waals surface area contributed by atoms with Crippen molar-refractivity contribution in [2.45, 2.75) is 19.8 Å². The lowest BCUT2D eigenvalue weighted by molar-refractivity contribution is -0.120. The van der Waals surface area contributed by atoms with Crippen LogP contribution in [-0.4, -0.2) is 19.0 Å². The van der Waals surface area contributed by atoms with Gasteiger partial charge >= 0.3 is 0 Å². The van der Waals surface area contributed by atoms with Crippen molar-refractivity contribution in [3.8, 4) is 6.07 Å². The molecule has 0 aromatic heterocycles. The number of carbonyl (C=O) groups is 1. The summed E-state index contributed by atoms with van der Waals surface area (Å²) in [5.74, 6) is 0.0805. The molecule has 1 aliphatic heterocycles. The summed E-state index contributed by atoms with van der Waals surface area (Å²) in [4.78, 5) is 12.1. The number of aryl methyl sites for hydroxylation is 1. The second-order valence-electron chi connectivity index (χ2n) is 4.62.